The number of hydrazone groups is 1. The molecule has 0 radical (unpaired) electrons. The number of hydrogen-bond acceptors (Lipinski definition) is 4. The Morgan fingerprint density at radius 2 is 2.04 bits per heavy atom. The van der Waals surface area contributed by atoms with E-state index in [4.69, 9.17) is 9.47 Å². The lowest BCUT2D eigenvalue weighted by molar-refractivity contribution is -0.123. The number of rotatable bonds is 6. The number of amides is 1. The third-order valence-electron chi connectivity index (χ3n) is 3.26. The predicted octanol–water partition coefficient (Wildman–Crippen LogP) is 3.69. The van der Waals surface area contributed by atoms with Crippen LogP contribution in [-0.2, 0) is 4.79 Å². The molecule has 0 aliphatic rings. The second-order valence-corrected chi connectivity index (χ2v) is 6.10. The van der Waals surface area contributed by atoms with Crippen LogP contribution < -0.4 is 14.9 Å². The van der Waals surface area contributed by atoms with Crippen LogP contribution in [-0.4, -0.2) is 25.3 Å². The van der Waals surface area contributed by atoms with Gasteiger partial charge in [-0.25, -0.2) is 5.43 Å². The SMILES string of the molecule is COc1ccc(C)cc1/C(C)=N\NC(=O)COc1cccc(Br)c1. The van der Waals surface area contributed by atoms with Gasteiger partial charge in [0, 0.05) is 10.0 Å². The highest BCUT2D eigenvalue weighted by Gasteiger charge is 2.08. The van der Waals surface area contributed by atoms with E-state index < -0.39 is 0 Å². The summed E-state index contributed by atoms with van der Waals surface area (Å²) in [7, 11) is 1.60. The molecule has 5 nitrogen and oxygen atoms in total. The minimum absolute atomic E-state index is 0.113. The Hall–Kier alpha value is -2.34. The number of halogens is 1. The number of nitrogens with zero attached hydrogens (tertiary/aromatic N) is 1. The topological polar surface area (TPSA) is 59.9 Å². The monoisotopic (exact) mass is 390 g/mol. The molecule has 0 saturated heterocycles. The lowest BCUT2D eigenvalue weighted by atomic mass is 10.1. The second-order valence-electron chi connectivity index (χ2n) is 5.18. The van der Waals surface area contributed by atoms with Gasteiger partial charge in [0.1, 0.15) is 11.5 Å². The highest BCUT2D eigenvalue weighted by atomic mass is 79.9. The van der Waals surface area contributed by atoms with Gasteiger partial charge >= 0.3 is 0 Å². The van der Waals surface area contributed by atoms with Crippen LogP contribution in [0.25, 0.3) is 0 Å². The van der Waals surface area contributed by atoms with Gasteiger partial charge in [-0.05, 0) is 44.2 Å². The standard InChI is InChI=1S/C18H19BrN2O3/c1-12-7-8-17(23-3)16(9-12)13(2)20-21-18(22)11-24-15-6-4-5-14(19)10-15/h4-10H,11H2,1-3H3,(H,21,22)/b20-13-. The van der Waals surface area contributed by atoms with Crippen LogP contribution in [0.4, 0.5) is 0 Å². The summed E-state index contributed by atoms with van der Waals surface area (Å²) in [5, 5.41) is 4.12. The normalized spacial score (nSPS) is 11.1. The van der Waals surface area contributed by atoms with Crippen molar-refractivity contribution in [3.63, 3.8) is 0 Å². The molecular formula is C18H19BrN2O3. The minimum Gasteiger partial charge on any atom is -0.496 e. The van der Waals surface area contributed by atoms with E-state index in [2.05, 4.69) is 26.5 Å². The lowest BCUT2D eigenvalue weighted by Crippen LogP contribution is -2.25. The summed E-state index contributed by atoms with van der Waals surface area (Å²) < 4.78 is 11.6. The molecule has 0 bridgehead atoms. The molecule has 0 fully saturated rings. The van der Waals surface area contributed by atoms with Crippen LogP contribution >= 0.6 is 15.9 Å². The summed E-state index contributed by atoms with van der Waals surface area (Å²) in [5.74, 6) is 0.989. The quantitative estimate of drug-likeness (QED) is 0.604. The molecule has 0 heterocycles. The maximum atomic E-state index is 11.9. The summed E-state index contributed by atoms with van der Waals surface area (Å²) in [6.45, 7) is 3.69. The van der Waals surface area contributed by atoms with Crippen molar-refractivity contribution in [1.82, 2.24) is 5.43 Å². The van der Waals surface area contributed by atoms with Crippen molar-refractivity contribution in [3.05, 3.63) is 58.1 Å². The number of carbonyl (C=O) groups excluding carboxylic acids is 1. The highest BCUT2D eigenvalue weighted by molar-refractivity contribution is 9.10. The van der Waals surface area contributed by atoms with Crippen molar-refractivity contribution in [2.75, 3.05) is 13.7 Å². The summed E-state index contributed by atoms with van der Waals surface area (Å²) in [5.41, 5.74) is 5.08. The first kappa shape index (κ1) is 18.0. The van der Waals surface area contributed by atoms with E-state index in [1.54, 1.807) is 19.2 Å². The molecule has 0 unspecified atom stereocenters. The van der Waals surface area contributed by atoms with E-state index >= 15 is 0 Å². The molecule has 1 amide bonds. The second kappa shape index (κ2) is 8.49. The fraction of sp³-hybridized carbons (Fsp3) is 0.222. The third kappa shape index (κ3) is 5.09. The largest absolute Gasteiger partial charge is 0.496 e. The Labute approximate surface area is 149 Å². The van der Waals surface area contributed by atoms with Crippen LogP contribution in [0.2, 0.25) is 0 Å². The van der Waals surface area contributed by atoms with E-state index in [1.807, 2.05) is 44.2 Å². The fourth-order valence-corrected chi connectivity index (χ4v) is 2.43. The Bertz CT molecular complexity index is 760. The number of hydrogen-bond donors (Lipinski definition) is 1. The number of ether oxygens (including phenoxy) is 2. The first-order valence-electron chi connectivity index (χ1n) is 7.36. The number of aryl methyl sites for hydroxylation is 1. The molecule has 24 heavy (non-hydrogen) atoms. The van der Waals surface area contributed by atoms with Gasteiger partial charge in [0.15, 0.2) is 6.61 Å². The number of nitrogens with one attached hydrogen (secondary N) is 1. The first-order valence-corrected chi connectivity index (χ1v) is 8.15. The van der Waals surface area contributed by atoms with Crippen molar-refractivity contribution in [1.29, 1.82) is 0 Å². The molecule has 6 heteroatoms. The fourth-order valence-electron chi connectivity index (χ4n) is 2.05. The van der Waals surface area contributed by atoms with Crippen molar-refractivity contribution >= 4 is 27.5 Å². The smallest absolute Gasteiger partial charge is 0.277 e. The maximum absolute atomic E-state index is 11.9. The Balaban J connectivity index is 1.97. The molecule has 0 aromatic heterocycles. The summed E-state index contributed by atoms with van der Waals surface area (Å²) in [6.07, 6.45) is 0. The molecule has 2 aromatic rings. The zero-order chi connectivity index (χ0) is 17.5. The summed E-state index contributed by atoms with van der Waals surface area (Å²) in [6, 6.07) is 13.1. The van der Waals surface area contributed by atoms with E-state index in [-0.39, 0.29) is 12.5 Å². The first-order chi connectivity index (χ1) is 11.5. The van der Waals surface area contributed by atoms with Gasteiger partial charge in [-0.2, -0.15) is 5.10 Å². The molecule has 0 saturated carbocycles. The van der Waals surface area contributed by atoms with E-state index in [0.717, 1.165) is 15.6 Å². The van der Waals surface area contributed by atoms with Gasteiger partial charge in [-0.3, -0.25) is 4.79 Å². The molecular weight excluding hydrogens is 372 g/mol. The van der Waals surface area contributed by atoms with E-state index in [0.29, 0.717) is 17.2 Å². The van der Waals surface area contributed by atoms with Crippen molar-refractivity contribution in [3.8, 4) is 11.5 Å². The Morgan fingerprint density at radius 1 is 1.25 bits per heavy atom. The van der Waals surface area contributed by atoms with Gasteiger partial charge < -0.3 is 9.47 Å². The number of methoxy groups -OCH3 is 1. The Kier molecular flexibility index (Phi) is 6.37. The molecule has 2 rings (SSSR count). The zero-order valence-corrected chi connectivity index (χ0v) is 15.4. The summed E-state index contributed by atoms with van der Waals surface area (Å²) in [4.78, 5) is 11.9. The predicted molar refractivity (Wildman–Crippen MR) is 97.7 cm³/mol. The van der Waals surface area contributed by atoms with Crippen molar-refractivity contribution in [2.24, 2.45) is 5.10 Å². The highest BCUT2D eigenvalue weighted by Crippen LogP contribution is 2.20. The van der Waals surface area contributed by atoms with E-state index in [1.165, 1.54) is 0 Å². The van der Waals surface area contributed by atoms with Gasteiger partial charge in [-0.15, -0.1) is 0 Å². The summed E-state index contributed by atoms with van der Waals surface area (Å²) >= 11 is 3.35. The third-order valence-corrected chi connectivity index (χ3v) is 3.75. The van der Waals surface area contributed by atoms with Gasteiger partial charge in [-0.1, -0.05) is 33.6 Å². The van der Waals surface area contributed by atoms with E-state index in [9.17, 15) is 4.79 Å². The van der Waals surface area contributed by atoms with Crippen LogP contribution in [0.5, 0.6) is 11.5 Å². The number of carbonyl (C=O) groups is 1. The Morgan fingerprint density at radius 3 is 2.75 bits per heavy atom. The average molecular weight is 391 g/mol. The molecule has 0 aliphatic carbocycles. The van der Waals surface area contributed by atoms with Crippen LogP contribution in [0.1, 0.15) is 18.1 Å². The average Bonchev–Trinajstić information content (AvgIpc) is 2.58. The molecule has 0 spiro atoms. The molecule has 126 valence electrons. The molecule has 0 aliphatic heterocycles. The molecule has 2 aromatic carbocycles. The van der Waals surface area contributed by atoms with Crippen LogP contribution in [0.3, 0.4) is 0 Å². The zero-order valence-electron chi connectivity index (χ0n) is 13.8. The maximum Gasteiger partial charge on any atom is 0.277 e. The van der Waals surface area contributed by atoms with Gasteiger partial charge in [0.05, 0.1) is 12.8 Å². The van der Waals surface area contributed by atoms with Crippen molar-refractivity contribution in [2.45, 2.75) is 13.8 Å². The van der Waals surface area contributed by atoms with Gasteiger partial charge in [0.2, 0.25) is 0 Å². The van der Waals surface area contributed by atoms with Crippen LogP contribution in [0.15, 0.2) is 52.0 Å². The number of benzene rings is 2. The molecule has 0 atom stereocenters. The van der Waals surface area contributed by atoms with Gasteiger partial charge in [0.25, 0.3) is 5.91 Å². The molecule has 1 N–H and O–H groups in total. The minimum atomic E-state index is -0.332. The van der Waals surface area contributed by atoms with Crippen LogP contribution in [0, 0.1) is 6.92 Å². The van der Waals surface area contributed by atoms with Crippen molar-refractivity contribution < 1.29 is 14.3 Å². The lowest BCUT2D eigenvalue weighted by Gasteiger charge is -2.10.